The fourth-order valence-corrected chi connectivity index (χ4v) is 3.50. The first-order valence-electron chi connectivity index (χ1n) is 6.23. The Labute approximate surface area is 108 Å². The molecular weight excluding hydrogens is 230 g/mol. The van der Waals surface area contributed by atoms with Gasteiger partial charge in [-0.3, -0.25) is 0 Å². The lowest BCUT2D eigenvalue weighted by Crippen LogP contribution is -2.11. The van der Waals surface area contributed by atoms with Crippen molar-refractivity contribution < 1.29 is 4.74 Å². The molecule has 1 heterocycles. The third-order valence-corrected chi connectivity index (χ3v) is 4.49. The lowest BCUT2D eigenvalue weighted by Gasteiger charge is -2.23. The average molecular weight is 251 g/mol. The van der Waals surface area contributed by atoms with Gasteiger partial charge in [0.2, 0.25) is 0 Å². The molecule has 0 aliphatic carbocycles. The zero-order valence-corrected chi connectivity index (χ0v) is 11.4. The predicted octanol–water partition coefficient (Wildman–Crippen LogP) is 3.33. The van der Waals surface area contributed by atoms with E-state index in [1.807, 2.05) is 6.92 Å². The molecule has 1 aliphatic heterocycles. The Balaban J connectivity index is 2.26. The number of benzene rings is 1. The molecule has 3 heteroatoms. The first-order valence-corrected chi connectivity index (χ1v) is 7.39. The van der Waals surface area contributed by atoms with Crippen LogP contribution in [0.4, 0.5) is 0 Å². The molecule has 1 saturated heterocycles. The minimum atomic E-state index is 0.0304. The van der Waals surface area contributed by atoms with Crippen molar-refractivity contribution in [3.63, 3.8) is 0 Å². The van der Waals surface area contributed by atoms with E-state index in [2.05, 4.69) is 30.0 Å². The van der Waals surface area contributed by atoms with Gasteiger partial charge in [0.15, 0.2) is 0 Å². The molecule has 2 N–H and O–H groups in total. The van der Waals surface area contributed by atoms with E-state index >= 15 is 0 Å². The van der Waals surface area contributed by atoms with E-state index in [9.17, 15) is 0 Å². The van der Waals surface area contributed by atoms with Gasteiger partial charge in [0, 0.05) is 11.6 Å². The Bertz CT molecular complexity index is 372. The second kappa shape index (κ2) is 5.78. The summed E-state index contributed by atoms with van der Waals surface area (Å²) in [6.45, 7) is 2.01. The van der Waals surface area contributed by atoms with Gasteiger partial charge >= 0.3 is 0 Å². The van der Waals surface area contributed by atoms with Crippen molar-refractivity contribution in [3.05, 3.63) is 29.3 Å². The van der Waals surface area contributed by atoms with Gasteiger partial charge < -0.3 is 10.5 Å². The van der Waals surface area contributed by atoms with Crippen LogP contribution in [0.5, 0.6) is 5.75 Å². The molecule has 17 heavy (non-hydrogen) atoms. The largest absolute Gasteiger partial charge is 0.496 e. The molecule has 0 bridgehead atoms. The third-order valence-electron chi connectivity index (χ3n) is 3.44. The maximum atomic E-state index is 6.00. The summed E-state index contributed by atoms with van der Waals surface area (Å²) in [6, 6.07) is 6.54. The molecule has 1 unspecified atom stereocenters. The van der Waals surface area contributed by atoms with Crippen LogP contribution in [0.15, 0.2) is 18.2 Å². The van der Waals surface area contributed by atoms with Crippen molar-refractivity contribution in [1.82, 2.24) is 0 Å². The average Bonchev–Trinajstić information content (AvgIpc) is 2.39. The van der Waals surface area contributed by atoms with Crippen LogP contribution >= 0.6 is 11.8 Å². The lowest BCUT2D eigenvalue weighted by molar-refractivity contribution is 0.406. The summed E-state index contributed by atoms with van der Waals surface area (Å²) in [5, 5.41) is 0. The molecule has 1 aromatic rings. The van der Waals surface area contributed by atoms with E-state index in [1.165, 1.54) is 29.9 Å². The van der Waals surface area contributed by atoms with Crippen LogP contribution < -0.4 is 10.5 Å². The minimum Gasteiger partial charge on any atom is -0.496 e. The number of rotatable bonds is 3. The normalized spacial score (nSPS) is 19.0. The number of methoxy groups -OCH3 is 1. The van der Waals surface area contributed by atoms with Gasteiger partial charge in [-0.2, -0.15) is 11.8 Å². The number of hydrogen-bond donors (Lipinski definition) is 1. The summed E-state index contributed by atoms with van der Waals surface area (Å²) in [5.41, 5.74) is 8.56. The molecule has 1 atom stereocenters. The van der Waals surface area contributed by atoms with Gasteiger partial charge in [-0.15, -0.1) is 0 Å². The molecule has 0 radical (unpaired) electrons. The highest BCUT2D eigenvalue weighted by molar-refractivity contribution is 7.99. The first kappa shape index (κ1) is 12.8. The number of nitrogens with two attached hydrogens (primary N) is 1. The van der Waals surface area contributed by atoms with Crippen LogP contribution in [0.1, 0.15) is 42.9 Å². The Morgan fingerprint density at radius 1 is 1.35 bits per heavy atom. The molecule has 2 nitrogen and oxygen atoms in total. The van der Waals surface area contributed by atoms with Gasteiger partial charge in [0.25, 0.3) is 0 Å². The van der Waals surface area contributed by atoms with Gasteiger partial charge in [0.05, 0.1) is 7.11 Å². The van der Waals surface area contributed by atoms with Crippen molar-refractivity contribution in [2.75, 3.05) is 18.6 Å². The minimum absolute atomic E-state index is 0.0304. The number of thioether (sulfide) groups is 1. The van der Waals surface area contributed by atoms with Crippen LogP contribution in [-0.4, -0.2) is 18.6 Å². The fraction of sp³-hybridized carbons (Fsp3) is 0.571. The highest BCUT2D eigenvalue weighted by Gasteiger charge is 2.18. The standard InChI is InChI=1S/C14H21NOS/c1-10(15)13-9-12(3-4-14(13)16-2)11-5-7-17-8-6-11/h3-4,9-11H,5-8,15H2,1-2H3. The zero-order valence-electron chi connectivity index (χ0n) is 10.6. The summed E-state index contributed by atoms with van der Waals surface area (Å²) in [7, 11) is 1.71. The van der Waals surface area contributed by atoms with Crippen molar-refractivity contribution in [1.29, 1.82) is 0 Å². The Hall–Kier alpha value is -0.670. The molecule has 94 valence electrons. The molecule has 0 amide bonds. The Kier molecular flexibility index (Phi) is 4.35. The molecule has 1 fully saturated rings. The molecule has 0 saturated carbocycles. The molecule has 0 aromatic heterocycles. The van der Waals surface area contributed by atoms with Crippen LogP contribution in [0.3, 0.4) is 0 Å². The van der Waals surface area contributed by atoms with E-state index in [-0.39, 0.29) is 6.04 Å². The lowest BCUT2D eigenvalue weighted by atomic mass is 9.91. The van der Waals surface area contributed by atoms with Gasteiger partial charge in [0.1, 0.15) is 5.75 Å². The molecule has 0 spiro atoms. The van der Waals surface area contributed by atoms with Gasteiger partial charge in [-0.25, -0.2) is 0 Å². The fourth-order valence-electron chi connectivity index (χ4n) is 2.39. The zero-order chi connectivity index (χ0) is 12.3. The maximum Gasteiger partial charge on any atom is 0.123 e. The van der Waals surface area contributed by atoms with Crippen molar-refractivity contribution in [2.45, 2.75) is 31.7 Å². The Morgan fingerprint density at radius 3 is 2.65 bits per heavy atom. The van der Waals surface area contributed by atoms with E-state index in [4.69, 9.17) is 10.5 Å². The van der Waals surface area contributed by atoms with E-state index in [0.717, 1.165) is 11.3 Å². The van der Waals surface area contributed by atoms with E-state index < -0.39 is 0 Å². The Morgan fingerprint density at radius 2 is 2.06 bits per heavy atom. The monoisotopic (exact) mass is 251 g/mol. The highest BCUT2D eigenvalue weighted by Crippen LogP contribution is 2.34. The van der Waals surface area contributed by atoms with Crippen molar-refractivity contribution in [3.8, 4) is 5.75 Å². The third kappa shape index (κ3) is 2.96. The molecule has 2 rings (SSSR count). The van der Waals surface area contributed by atoms with Crippen LogP contribution in [0.2, 0.25) is 0 Å². The summed E-state index contributed by atoms with van der Waals surface area (Å²) in [4.78, 5) is 0. The molecular formula is C14H21NOS. The molecule has 1 aromatic carbocycles. The summed E-state index contributed by atoms with van der Waals surface area (Å²) in [6.07, 6.45) is 2.57. The molecule has 1 aliphatic rings. The number of hydrogen-bond acceptors (Lipinski definition) is 3. The van der Waals surface area contributed by atoms with E-state index in [1.54, 1.807) is 7.11 Å². The van der Waals surface area contributed by atoms with Gasteiger partial charge in [-0.05, 0) is 48.8 Å². The number of ether oxygens (including phenoxy) is 1. The quantitative estimate of drug-likeness (QED) is 0.895. The smallest absolute Gasteiger partial charge is 0.123 e. The highest BCUT2D eigenvalue weighted by atomic mass is 32.2. The van der Waals surface area contributed by atoms with E-state index in [0.29, 0.717) is 5.92 Å². The van der Waals surface area contributed by atoms with Crippen LogP contribution in [0.25, 0.3) is 0 Å². The van der Waals surface area contributed by atoms with Crippen LogP contribution in [0, 0.1) is 0 Å². The second-order valence-corrected chi connectivity index (χ2v) is 5.90. The first-order chi connectivity index (χ1) is 8.22. The topological polar surface area (TPSA) is 35.2 Å². The second-order valence-electron chi connectivity index (χ2n) is 4.68. The van der Waals surface area contributed by atoms with Crippen molar-refractivity contribution in [2.24, 2.45) is 5.73 Å². The SMILES string of the molecule is COc1ccc(C2CCSCC2)cc1C(C)N. The van der Waals surface area contributed by atoms with Crippen molar-refractivity contribution >= 4 is 11.8 Å². The van der Waals surface area contributed by atoms with Gasteiger partial charge in [-0.1, -0.05) is 12.1 Å². The predicted molar refractivity (Wildman–Crippen MR) is 74.9 cm³/mol. The summed E-state index contributed by atoms with van der Waals surface area (Å²) < 4.78 is 5.36. The maximum absolute atomic E-state index is 6.00. The van der Waals surface area contributed by atoms with Crippen LogP contribution in [-0.2, 0) is 0 Å². The summed E-state index contributed by atoms with van der Waals surface area (Å²) >= 11 is 2.06. The summed E-state index contributed by atoms with van der Waals surface area (Å²) in [5.74, 6) is 4.18.